The Hall–Kier alpha value is -2.97. The Morgan fingerprint density at radius 3 is 2.55 bits per heavy atom. The highest BCUT2D eigenvalue weighted by Crippen LogP contribution is 2.33. The zero-order valence-electron chi connectivity index (χ0n) is 17.6. The maximum Gasteiger partial charge on any atom is 0.211 e. The van der Waals surface area contributed by atoms with Crippen LogP contribution in [0.25, 0.3) is 32.8 Å². The van der Waals surface area contributed by atoms with E-state index in [0.29, 0.717) is 13.1 Å². The number of anilines is 1. The number of aromatic nitrogens is 3. The summed E-state index contributed by atoms with van der Waals surface area (Å²) < 4.78 is 27.1. The van der Waals surface area contributed by atoms with Gasteiger partial charge in [-0.25, -0.2) is 12.7 Å². The first-order valence-corrected chi connectivity index (χ1v) is 12.2. The summed E-state index contributed by atoms with van der Waals surface area (Å²) >= 11 is 0. The second-order valence-corrected chi connectivity index (χ2v) is 10.2. The quantitative estimate of drug-likeness (QED) is 0.530. The Morgan fingerprint density at radius 2 is 1.77 bits per heavy atom. The molecule has 1 saturated heterocycles. The summed E-state index contributed by atoms with van der Waals surface area (Å²) in [5.74, 6) is 0. The van der Waals surface area contributed by atoms with Gasteiger partial charge in [-0.1, -0.05) is 6.07 Å². The van der Waals surface area contributed by atoms with Gasteiger partial charge in [-0.05, 0) is 59.7 Å². The number of nitrogens with one attached hydrogen (secondary N) is 1. The van der Waals surface area contributed by atoms with E-state index in [1.54, 1.807) is 4.31 Å². The normalized spacial score (nSPS) is 16.2. The number of rotatable bonds is 4. The van der Waals surface area contributed by atoms with Gasteiger partial charge >= 0.3 is 0 Å². The average Bonchev–Trinajstić information content (AvgIpc) is 3.13. The molecule has 31 heavy (non-hydrogen) atoms. The van der Waals surface area contributed by atoms with Crippen LogP contribution in [0.15, 0.2) is 55.0 Å². The van der Waals surface area contributed by atoms with Crippen LogP contribution >= 0.6 is 0 Å². The summed E-state index contributed by atoms with van der Waals surface area (Å²) in [4.78, 5) is 4.32. The van der Waals surface area contributed by atoms with Gasteiger partial charge in [-0.2, -0.15) is 5.10 Å². The number of hydrogen-bond acceptors (Lipinski definition) is 5. The van der Waals surface area contributed by atoms with Crippen LogP contribution in [0.2, 0.25) is 0 Å². The van der Waals surface area contributed by atoms with Gasteiger partial charge in [0.05, 0.1) is 18.0 Å². The first kappa shape index (κ1) is 20.0. The van der Waals surface area contributed by atoms with Gasteiger partial charge in [0, 0.05) is 55.0 Å². The standard InChI is InChI=1S/C23H25N5O2S/c1-27-23-4-3-16(11-19(23)14-25-27)18-12-17-5-8-24-15-21(17)22(13-18)26-20-6-9-28(10-7-20)31(2,29)30/h3-5,8,11-15,20,26H,6-7,9-10H2,1-2H3. The van der Waals surface area contributed by atoms with Crippen molar-refractivity contribution in [3.05, 3.63) is 55.0 Å². The molecule has 0 atom stereocenters. The molecule has 1 aliphatic heterocycles. The Bertz CT molecular complexity index is 1370. The van der Waals surface area contributed by atoms with Gasteiger partial charge in [-0.3, -0.25) is 9.67 Å². The Labute approximate surface area is 181 Å². The molecule has 4 aromatic rings. The third-order valence-corrected chi connectivity index (χ3v) is 7.42. The van der Waals surface area contributed by atoms with Gasteiger partial charge < -0.3 is 5.32 Å². The van der Waals surface area contributed by atoms with Crippen molar-refractivity contribution in [3.8, 4) is 11.1 Å². The minimum absolute atomic E-state index is 0.220. The predicted molar refractivity (Wildman–Crippen MR) is 125 cm³/mol. The highest BCUT2D eigenvalue weighted by atomic mass is 32.2. The number of hydrogen-bond donors (Lipinski definition) is 1. The maximum atomic E-state index is 11.8. The van der Waals surface area contributed by atoms with Crippen molar-refractivity contribution in [1.29, 1.82) is 0 Å². The molecule has 0 amide bonds. The zero-order valence-corrected chi connectivity index (χ0v) is 18.4. The van der Waals surface area contributed by atoms with Crippen LogP contribution in [-0.4, -0.2) is 52.9 Å². The lowest BCUT2D eigenvalue weighted by atomic mass is 9.98. The molecular formula is C23H25N5O2S. The summed E-state index contributed by atoms with van der Waals surface area (Å²) in [7, 11) is -1.18. The Morgan fingerprint density at radius 1 is 1.00 bits per heavy atom. The van der Waals surface area contributed by atoms with Crippen LogP contribution in [0.3, 0.4) is 0 Å². The molecule has 7 nitrogen and oxygen atoms in total. The molecule has 160 valence electrons. The highest BCUT2D eigenvalue weighted by molar-refractivity contribution is 7.88. The van der Waals surface area contributed by atoms with E-state index < -0.39 is 10.0 Å². The first-order chi connectivity index (χ1) is 14.9. The molecule has 1 N–H and O–H groups in total. The molecule has 2 aromatic carbocycles. The van der Waals surface area contributed by atoms with E-state index in [2.05, 4.69) is 45.7 Å². The lowest BCUT2D eigenvalue weighted by Crippen LogP contribution is -2.41. The maximum absolute atomic E-state index is 11.8. The van der Waals surface area contributed by atoms with Crippen LogP contribution in [0.1, 0.15) is 12.8 Å². The van der Waals surface area contributed by atoms with Crippen LogP contribution < -0.4 is 5.32 Å². The minimum Gasteiger partial charge on any atom is -0.382 e. The van der Waals surface area contributed by atoms with Gasteiger partial charge in [0.1, 0.15) is 0 Å². The van der Waals surface area contributed by atoms with Gasteiger partial charge in [0.15, 0.2) is 0 Å². The van der Waals surface area contributed by atoms with Crippen molar-refractivity contribution < 1.29 is 8.42 Å². The molecule has 0 aliphatic carbocycles. The number of fused-ring (bicyclic) bond motifs is 2. The zero-order chi connectivity index (χ0) is 21.6. The smallest absolute Gasteiger partial charge is 0.211 e. The van der Waals surface area contributed by atoms with Crippen LogP contribution in [-0.2, 0) is 17.1 Å². The number of aryl methyl sites for hydroxylation is 1. The van der Waals surface area contributed by atoms with E-state index in [1.807, 2.05) is 36.4 Å². The molecule has 1 aliphatic rings. The van der Waals surface area contributed by atoms with Crippen LogP contribution in [0.5, 0.6) is 0 Å². The largest absolute Gasteiger partial charge is 0.382 e. The van der Waals surface area contributed by atoms with Crippen LogP contribution in [0, 0.1) is 0 Å². The van der Waals surface area contributed by atoms with E-state index >= 15 is 0 Å². The molecule has 1 fully saturated rings. The first-order valence-electron chi connectivity index (χ1n) is 10.4. The number of benzene rings is 2. The summed E-state index contributed by atoms with van der Waals surface area (Å²) in [6, 6.07) is 13.0. The lowest BCUT2D eigenvalue weighted by Gasteiger charge is -2.31. The molecule has 8 heteroatoms. The van der Waals surface area contributed by atoms with Crippen LogP contribution in [0.4, 0.5) is 5.69 Å². The summed E-state index contributed by atoms with van der Waals surface area (Å²) in [6.45, 7) is 1.09. The molecule has 5 rings (SSSR count). The van der Waals surface area contributed by atoms with Gasteiger partial charge in [0.25, 0.3) is 0 Å². The fourth-order valence-electron chi connectivity index (χ4n) is 4.38. The fourth-order valence-corrected chi connectivity index (χ4v) is 5.25. The molecule has 3 heterocycles. The molecule has 0 saturated carbocycles. The molecule has 0 bridgehead atoms. The SMILES string of the molecule is Cn1ncc2cc(-c3cc(NC4CCN(S(C)(=O)=O)CC4)c4cnccc4c3)ccc21. The molecule has 0 spiro atoms. The van der Waals surface area contributed by atoms with Crippen molar-refractivity contribution >= 4 is 37.4 Å². The Kier molecular flexibility index (Phi) is 4.91. The van der Waals surface area contributed by atoms with Crippen molar-refractivity contribution in [2.24, 2.45) is 7.05 Å². The third-order valence-electron chi connectivity index (χ3n) is 6.12. The number of sulfonamides is 1. The molecular weight excluding hydrogens is 410 g/mol. The highest BCUT2D eigenvalue weighted by Gasteiger charge is 2.25. The molecule has 0 unspecified atom stereocenters. The van der Waals surface area contributed by atoms with Crippen molar-refractivity contribution in [1.82, 2.24) is 19.1 Å². The lowest BCUT2D eigenvalue weighted by molar-refractivity contribution is 0.332. The van der Waals surface area contributed by atoms with Crippen molar-refractivity contribution in [2.75, 3.05) is 24.7 Å². The van der Waals surface area contributed by atoms with Gasteiger partial charge in [0.2, 0.25) is 10.0 Å². The number of nitrogens with zero attached hydrogens (tertiary/aromatic N) is 4. The average molecular weight is 436 g/mol. The fraction of sp³-hybridized carbons (Fsp3) is 0.304. The topological polar surface area (TPSA) is 80.1 Å². The summed E-state index contributed by atoms with van der Waals surface area (Å²) in [5.41, 5.74) is 4.39. The molecule has 2 aromatic heterocycles. The number of pyridine rings is 1. The van der Waals surface area contributed by atoms with E-state index in [0.717, 1.165) is 51.3 Å². The minimum atomic E-state index is -3.13. The third kappa shape index (κ3) is 3.88. The summed E-state index contributed by atoms with van der Waals surface area (Å²) in [6.07, 6.45) is 8.42. The van der Waals surface area contributed by atoms with Crippen molar-refractivity contribution in [2.45, 2.75) is 18.9 Å². The second-order valence-electron chi connectivity index (χ2n) is 8.24. The molecule has 0 radical (unpaired) electrons. The number of piperidine rings is 1. The Balaban J connectivity index is 1.49. The van der Waals surface area contributed by atoms with E-state index in [-0.39, 0.29) is 6.04 Å². The van der Waals surface area contributed by atoms with E-state index in [9.17, 15) is 8.42 Å². The van der Waals surface area contributed by atoms with Gasteiger partial charge in [-0.15, -0.1) is 0 Å². The van der Waals surface area contributed by atoms with E-state index in [4.69, 9.17) is 0 Å². The van der Waals surface area contributed by atoms with Crippen molar-refractivity contribution in [3.63, 3.8) is 0 Å². The second kappa shape index (κ2) is 7.62. The summed E-state index contributed by atoms with van der Waals surface area (Å²) in [5, 5.41) is 11.3. The predicted octanol–water partition coefficient (Wildman–Crippen LogP) is 3.62. The van der Waals surface area contributed by atoms with E-state index in [1.165, 1.54) is 6.26 Å². The monoisotopic (exact) mass is 435 g/mol.